The quantitative estimate of drug-likeness (QED) is 0.838. The topological polar surface area (TPSA) is 30.0 Å². The molecular formula is C16H15F2NO. The van der Waals surface area contributed by atoms with E-state index in [1.807, 2.05) is 19.1 Å². The zero-order chi connectivity index (χ0) is 14.5. The summed E-state index contributed by atoms with van der Waals surface area (Å²) in [5, 5.41) is 0. The summed E-state index contributed by atoms with van der Waals surface area (Å²) in [6.07, 6.45) is 2.81. The highest BCUT2D eigenvalue weighted by molar-refractivity contribution is 5.82. The van der Waals surface area contributed by atoms with Crippen LogP contribution in [-0.2, 0) is 24.1 Å². The minimum absolute atomic E-state index is 0.00584. The molecule has 0 N–H and O–H groups in total. The van der Waals surface area contributed by atoms with Crippen molar-refractivity contribution in [1.29, 1.82) is 0 Å². The molecule has 0 atom stereocenters. The van der Waals surface area contributed by atoms with Crippen molar-refractivity contribution >= 4 is 5.78 Å². The summed E-state index contributed by atoms with van der Waals surface area (Å²) >= 11 is 0. The zero-order valence-electron chi connectivity index (χ0n) is 11.2. The second-order valence-corrected chi connectivity index (χ2v) is 4.68. The third-order valence-corrected chi connectivity index (χ3v) is 3.00. The highest BCUT2D eigenvalue weighted by atomic mass is 19.1. The van der Waals surface area contributed by atoms with Crippen LogP contribution in [-0.4, -0.2) is 10.8 Å². The molecule has 0 amide bonds. The predicted octanol–water partition coefficient (Wildman–Crippen LogP) is 3.28. The number of aryl methyl sites for hydroxylation is 1. The van der Waals surface area contributed by atoms with Crippen molar-refractivity contribution in [2.45, 2.75) is 26.2 Å². The Labute approximate surface area is 116 Å². The second kappa shape index (κ2) is 6.37. The van der Waals surface area contributed by atoms with Crippen LogP contribution in [0.3, 0.4) is 0 Å². The van der Waals surface area contributed by atoms with Crippen molar-refractivity contribution in [1.82, 2.24) is 4.98 Å². The minimum Gasteiger partial charge on any atom is -0.299 e. The number of hydrogen-bond acceptors (Lipinski definition) is 2. The summed E-state index contributed by atoms with van der Waals surface area (Å²) in [4.78, 5) is 16.1. The number of carbonyl (C=O) groups excluding carboxylic acids is 1. The SMILES string of the molecule is CCc1ccc(CC(=O)Cc2cc(F)cc(F)c2)nc1. The summed E-state index contributed by atoms with van der Waals surface area (Å²) in [5.41, 5.74) is 2.12. The lowest BCUT2D eigenvalue weighted by atomic mass is 10.0. The van der Waals surface area contributed by atoms with Crippen molar-refractivity contribution in [3.05, 3.63) is 65.0 Å². The van der Waals surface area contributed by atoms with E-state index >= 15 is 0 Å². The van der Waals surface area contributed by atoms with Crippen LogP contribution in [0.5, 0.6) is 0 Å². The Morgan fingerprint density at radius 1 is 1.05 bits per heavy atom. The Bertz CT molecular complexity index is 588. The Morgan fingerprint density at radius 3 is 2.30 bits per heavy atom. The maximum absolute atomic E-state index is 13.0. The molecule has 0 unspecified atom stereocenters. The first kappa shape index (κ1) is 14.3. The molecule has 0 saturated carbocycles. The molecule has 0 bridgehead atoms. The summed E-state index contributed by atoms with van der Waals surface area (Å²) in [5.74, 6) is -1.46. The van der Waals surface area contributed by atoms with Crippen molar-refractivity contribution in [2.75, 3.05) is 0 Å². The molecule has 0 fully saturated rings. The number of hydrogen-bond donors (Lipinski definition) is 0. The zero-order valence-corrected chi connectivity index (χ0v) is 11.2. The van der Waals surface area contributed by atoms with E-state index in [9.17, 15) is 13.6 Å². The number of ketones is 1. The summed E-state index contributed by atoms with van der Waals surface area (Å²) in [6.45, 7) is 2.03. The maximum atomic E-state index is 13.0. The normalized spacial score (nSPS) is 10.6. The van der Waals surface area contributed by atoms with Gasteiger partial charge in [0.1, 0.15) is 17.4 Å². The number of benzene rings is 1. The molecule has 0 saturated heterocycles. The third kappa shape index (κ3) is 3.95. The van der Waals surface area contributed by atoms with E-state index in [1.54, 1.807) is 6.20 Å². The Kier molecular flexibility index (Phi) is 4.56. The van der Waals surface area contributed by atoms with Crippen LogP contribution in [0.4, 0.5) is 8.78 Å². The molecule has 1 aromatic carbocycles. The number of nitrogens with zero attached hydrogens (tertiary/aromatic N) is 1. The number of rotatable bonds is 5. The van der Waals surface area contributed by atoms with Crippen LogP contribution in [0.2, 0.25) is 0 Å². The van der Waals surface area contributed by atoms with Gasteiger partial charge in [0.15, 0.2) is 0 Å². The first-order valence-corrected chi connectivity index (χ1v) is 6.47. The van der Waals surface area contributed by atoms with Crippen LogP contribution in [0.1, 0.15) is 23.7 Å². The average molecular weight is 275 g/mol. The summed E-state index contributed by atoms with van der Waals surface area (Å²) < 4.78 is 26.1. The molecule has 1 aromatic heterocycles. The highest BCUT2D eigenvalue weighted by Crippen LogP contribution is 2.10. The van der Waals surface area contributed by atoms with Gasteiger partial charge in [0, 0.05) is 30.8 Å². The van der Waals surface area contributed by atoms with E-state index < -0.39 is 11.6 Å². The van der Waals surface area contributed by atoms with Gasteiger partial charge in [-0.05, 0) is 35.7 Å². The lowest BCUT2D eigenvalue weighted by Gasteiger charge is -2.03. The van der Waals surface area contributed by atoms with Crippen LogP contribution in [0, 0.1) is 11.6 Å². The van der Waals surface area contributed by atoms with E-state index in [0.717, 1.165) is 18.1 Å². The minimum atomic E-state index is -0.668. The molecular weight excluding hydrogens is 260 g/mol. The standard InChI is InChI=1S/C16H15F2NO/c1-2-11-3-4-15(19-10-11)9-16(20)7-12-5-13(17)8-14(18)6-12/h3-6,8,10H,2,7,9H2,1H3. The van der Waals surface area contributed by atoms with Crippen molar-refractivity contribution in [2.24, 2.45) is 0 Å². The van der Waals surface area contributed by atoms with E-state index in [0.29, 0.717) is 11.3 Å². The van der Waals surface area contributed by atoms with E-state index in [4.69, 9.17) is 0 Å². The predicted molar refractivity (Wildman–Crippen MR) is 72.4 cm³/mol. The lowest BCUT2D eigenvalue weighted by molar-refractivity contribution is -0.117. The monoisotopic (exact) mass is 275 g/mol. The van der Waals surface area contributed by atoms with Gasteiger partial charge in [0.2, 0.25) is 0 Å². The largest absolute Gasteiger partial charge is 0.299 e. The van der Waals surface area contributed by atoms with Gasteiger partial charge in [-0.2, -0.15) is 0 Å². The van der Waals surface area contributed by atoms with Crippen LogP contribution in [0.25, 0.3) is 0 Å². The molecule has 20 heavy (non-hydrogen) atoms. The number of carbonyl (C=O) groups is 1. The van der Waals surface area contributed by atoms with Crippen LogP contribution in [0.15, 0.2) is 36.5 Å². The Morgan fingerprint density at radius 2 is 1.75 bits per heavy atom. The lowest BCUT2D eigenvalue weighted by Crippen LogP contribution is -2.08. The Balaban J connectivity index is 2.01. The van der Waals surface area contributed by atoms with Crippen molar-refractivity contribution < 1.29 is 13.6 Å². The van der Waals surface area contributed by atoms with Crippen LogP contribution < -0.4 is 0 Å². The van der Waals surface area contributed by atoms with Crippen LogP contribution >= 0.6 is 0 Å². The van der Waals surface area contributed by atoms with Crippen molar-refractivity contribution in [3.8, 4) is 0 Å². The van der Waals surface area contributed by atoms with Gasteiger partial charge in [0.05, 0.1) is 0 Å². The fraction of sp³-hybridized carbons (Fsp3) is 0.250. The van der Waals surface area contributed by atoms with Crippen molar-refractivity contribution in [3.63, 3.8) is 0 Å². The number of halogens is 2. The van der Waals surface area contributed by atoms with Gasteiger partial charge < -0.3 is 0 Å². The fourth-order valence-electron chi connectivity index (χ4n) is 1.97. The Hall–Kier alpha value is -2.10. The molecule has 0 radical (unpaired) electrons. The van der Waals surface area contributed by atoms with E-state index in [1.165, 1.54) is 12.1 Å². The molecule has 2 nitrogen and oxygen atoms in total. The molecule has 0 aliphatic carbocycles. The van der Waals surface area contributed by atoms with Gasteiger partial charge in [-0.3, -0.25) is 9.78 Å². The number of pyridine rings is 1. The van der Waals surface area contributed by atoms with Gasteiger partial charge in [0.25, 0.3) is 0 Å². The fourth-order valence-corrected chi connectivity index (χ4v) is 1.97. The molecule has 0 spiro atoms. The molecule has 2 aromatic rings. The molecule has 2 rings (SSSR count). The molecule has 0 aliphatic rings. The maximum Gasteiger partial charge on any atom is 0.143 e. The van der Waals surface area contributed by atoms with E-state index in [2.05, 4.69) is 4.98 Å². The van der Waals surface area contributed by atoms with E-state index in [-0.39, 0.29) is 18.6 Å². The number of aromatic nitrogens is 1. The second-order valence-electron chi connectivity index (χ2n) is 4.68. The van der Waals surface area contributed by atoms with Gasteiger partial charge >= 0.3 is 0 Å². The first-order valence-electron chi connectivity index (χ1n) is 6.47. The molecule has 104 valence electrons. The molecule has 4 heteroatoms. The first-order chi connectivity index (χ1) is 9.56. The average Bonchev–Trinajstić information content (AvgIpc) is 2.38. The molecule has 1 heterocycles. The smallest absolute Gasteiger partial charge is 0.143 e. The van der Waals surface area contributed by atoms with Gasteiger partial charge in [-0.25, -0.2) is 8.78 Å². The summed E-state index contributed by atoms with van der Waals surface area (Å²) in [6, 6.07) is 6.88. The van der Waals surface area contributed by atoms with Gasteiger partial charge in [-0.15, -0.1) is 0 Å². The highest BCUT2D eigenvalue weighted by Gasteiger charge is 2.08. The number of Topliss-reactive ketones (excluding diaryl/α,β-unsaturated/α-hetero) is 1. The molecule has 0 aliphatic heterocycles. The van der Waals surface area contributed by atoms with Gasteiger partial charge in [-0.1, -0.05) is 13.0 Å². The third-order valence-electron chi connectivity index (χ3n) is 3.00. The summed E-state index contributed by atoms with van der Waals surface area (Å²) in [7, 11) is 0.